The van der Waals surface area contributed by atoms with E-state index in [0.29, 0.717) is 12.1 Å². The summed E-state index contributed by atoms with van der Waals surface area (Å²) < 4.78 is 15.7. The first-order valence-corrected chi connectivity index (χ1v) is 5.72. The number of benzene rings is 1. The van der Waals surface area contributed by atoms with Gasteiger partial charge < -0.3 is 5.32 Å². The molecule has 0 aliphatic carbocycles. The Morgan fingerprint density at radius 1 is 1.35 bits per heavy atom. The molecule has 4 heteroatoms. The second-order valence-electron chi connectivity index (χ2n) is 3.84. The molecule has 0 fully saturated rings. The van der Waals surface area contributed by atoms with Gasteiger partial charge in [-0.15, -0.1) is 0 Å². The summed E-state index contributed by atoms with van der Waals surface area (Å²) in [7, 11) is 1.87. The lowest BCUT2D eigenvalue weighted by atomic mass is 10.1. The van der Waals surface area contributed by atoms with Gasteiger partial charge >= 0.3 is 0 Å². The molecule has 1 N–H and O–H groups in total. The van der Waals surface area contributed by atoms with Gasteiger partial charge in [-0.1, -0.05) is 12.1 Å². The Hall–Kier alpha value is -1.68. The third-order valence-electron chi connectivity index (χ3n) is 2.71. The van der Waals surface area contributed by atoms with Gasteiger partial charge in [0.25, 0.3) is 0 Å². The third kappa shape index (κ3) is 2.22. The number of hydrogen-bond acceptors (Lipinski definition) is 2. The van der Waals surface area contributed by atoms with Gasteiger partial charge in [0.15, 0.2) is 0 Å². The minimum Gasteiger partial charge on any atom is -0.316 e. The van der Waals surface area contributed by atoms with Crippen molar-refractivity contribution in [2.75, 3.05) is 7.05 Å². The molecule has 0 aliphatic rings. The summed E-state index contributed by atoms with van der Waals surface area (Å²) in [5.41, 5.74) is 2.48. The zero-order chi connectivity index (χ0) is 12.3. The first-order valence-electron chi connectivity index (χ1n) is 5.72. The first kappa shape index (κ1) is 11.8. The fourth-order valence-electron chi connectivity index (χ4n) is 1.95. The highest BCUT2D eigenvalue weighted by molar-refractivity contribution is 5.64. The lowest BCUT2D eigenvalue weighted by molar-refractivity contribution is 0.621. The van der Waals surface area contributed by atoms with E-state index in [1.165, 1.54) is 6.07 Å². The molecular formula is C13H16FN3. The zero-order valence-corrected chi connectivity index (χ0v) is 10.1. The monoisotopic (exact) mass is 233 g/mol. The van der Waals surface area contributed by atoms with E-state index in [1.54, 1.807) is 18.3 Å². The predicted molar refractivity (Wildman–Crippen MR) is 66.1 cm³/mol. The van der Waals surface area contributed by atoms with Crippen molar-refractivity contribution in [1.29, 1.82) is 0 Å². The number of aromatic nitrogens is 2. The van der Waals surface area contributed by atoms with E-state index < -0.39 is 0 Å². The Morgan fingerprint density at radius 2 is 2.12 bits per heavy atom. The molecular weight excluding hydrogens is 217 g/mol. The maximum atomic E-state index is 13.8. The van der Waals surface area contributed by atoms with Gasteiger partial charge in [0.2, 0.25) is 0 Å². The van der Waals surface area contributed by atoms with Crippen LogP contribution < -0.4 is 5.32 Å². The van der Waals surface area contributed by atoms with Crippen LogP contribution in [-0.2, 0) is 13.1 Å². The highest BCUT2D eigenvalue weighted by atomic mass is 19.1. The van der Waals surface area contributed by atoms with Crippen molar-refractivity contribution >= 4 is 0 Å². The smallest absolute Gasteiger partial charge is 0.132 e. The lowest BCUT2D eigenvalue weighted by Crippen LogP contribution is -2.07. The summed E-state index contributed by atoms with van der Waals surface area (Å²) in [6.45, 7) is 3.41. The van der Waals surface area contributed by atoms with Crippen LogP contribution in [0.15, 0.2) is 30.5 Å². The van der Waals surface area contributed by atoms with E-state index in [1.807, 2.05) is 24.7 Å². The standard InChI is InChI=1S/C13H16FN3/c1-3-17-13(10(8-15-2)9-16-17)11-6-4-5-7-12(11)14/h4-7,9,15H,3,8H2,1-2H3. The minimum absolute atomic E-state index is 0.208. The molecule has 0 atom stereocenters. The van der Waals surface area contributed by atoms with Crippen molar-refractivity contribution in [1.82, 2.24) is 15.1 Å². The molecule has 2 rings (SSSR count). The summed E-state index contributed by atoms with van der Waals surface area (Å²) in [5, 5.41) is 7.36. The molecule has 0 saturated carbocycles. The predicted octanol–water partition coefficient (Wildman–Crippen LogP) is 2.43. The molecule has 0 spiro atoms. The van der Waals surface area contributed by atoms with E-state index in [4.69, 9.17) is 0 Å². The zero-order valence-electron chi connectivity index (χ0n) is 10.1. The summed E-state index contributed by atoms with van der Waals surface area (Å²) in [6, 6.07) is 6.81. The molecule has 0 aliphatic heterocycles. The average molecular weight is 233 g/mol. The average Bonchev–Trinajstić information content (AvgIpc) is 2.73. The number of rotatable bonds is 4. The topological polar surface area (TPSA) is 29.9 Å². The first-order chi connectivity index (χ1) is 8.27. The van der Waals surface area contributed by atoms with Crippen molar-refractivity contribution in [3.8, 4) is 11.3 Å². The Bertz CT molecular complexity index is 505. The van der Waals surface area contributed by atoms with E-state index in [2.05, 4.69) is 10.4 Å². The second-order valence-corrected chi connectivity index (χ2v) is 3.84. The van der Waals surface area contributed by atoms with E-state index >= 15 is 0 Å². The van der Waals surface area contributed by atoms with Crippen LogP contribution in [0, 0.1) is 5.82 Å². The summed E-state index contributed by atoms with van der Waals surface area (Å²) in [6.07, 6.45) is 1.79. The third-order valence-corrected chi connectivity index (χ3v) is 2.71. The second kappa shape index (κ2) is 5.10. The van der Waals surface area contributed by atoms with Gasteiger partial charge in [-0.2, -0.15) is 5.10 Å². The maximum Gasteiger partial charge on any atom is 0.132 e. The minimum atomic E-state index is -0.208. The van der Waals surface area contributed by atoms with E-state index in [-0.39, 0.29) is 5.82 Å². The highest BCUT2D eigenvalue weighted by Gasteiger charge is 2.14. The molecule has 1 heterocycles. The van der Waals surface area contributed by atoms with Gasteiger partial charge in [-0.05, 0) is 26.1 Å². The fraction of sp³-hybridized carbons (Fsp3) is 0.308. The molecule has 0 unspecified atom stereocenters. The lowest BCUT2D eigenvalue weighted by Gasteiger charge is -2.09. The number of nitrogens with one attached hydrogen (secondary N) is 1. The number of hydrogen-bond donors (Lipinski definition) is 1. The fourth-order valence-corrected chi connectivity index (χ4v) is 1.95. The van der Waals surface area contributed by atoms with Gasteiger partial charge in [0.05, 0.1) is 11.9 Å². The summed E-state index contributed by atoms with van der Waals surface area (Å²) >= 11 is 0. The molecule has 3 nitrogen and oxygen atoms in total. The molecule has 90 valence electrons. The number of aryl methyl sites for hydroxylation is 1. The Morgan fingerprint density at radius 3 is 2.76 bits per heavy atom. The van der Waals surface area contributed by atoms with Crippen LogP contribution in [0.1, 0.15) is 12.5 Å². The van der Waals surface area contributed by atoms with Crippen LogP contribution in [0.4, 0.5) is 4.39 Å². The molecule has 2 aromatic rings. The Labute approximate surface area is 100 Å². The van der Waals surface area contributed by atoms with E-state index in [0.717, 1.165) is 17.8 Å². The van der Waals surface area contributed by atoms with Crippen molar-refractivity contribution in [2.45, 2.75) is 20.0 Å². The van der Waals surface area contributed by atoms with Gasteiger partial charge in [0.1, 0.15) is 5.82 Å². The maximum absolute atomic E-state index is 13.8. The van der Waals surface area contributed by atoms with Crippen LogP contribution in [0.25, 0.3) is 11.3 Å². The van der Waals surface area contributed by atoms with Crippen molar-refractivity contribution in [3.05, 3.63) is 41.8 Å². The number of halogens is 1. The molecule has 1 aromatic heterocycles. The van der Waals surface area contributed by atoms with Crippen LogP contribution in [0.3, 0.4) is 0 Å². The summed E-state index contributed by atoms with van der Waals surface area (Å²) in [5.74, 6) is -0.208. The normalized spacial score (nSPS) is 10.8. The van der Waals surface area contributed by atoms with Crippen LogP contribution in [0.2, 0.25) is 0 Å². The summed E-state index contributed by atoms with van der Waals surface area (Å²) in [4.78, 5) is 0. The van der Waals surface area contributed by atoms with Crippen LogP contribution in [-0.4, -0.2) is 16.8 Å². The number of nitrogens with zero attached hydrogens (tertiary/aromatic N) is 2. The van der Waals surface area contributed by atoms with Gasteiger partial charge in [-0.25, -0.2) is 4.39 Å². The molecule has 0 radical (unpaired) electrons. The Kier molecular flexibility index (Phi) is 3.54. The van der Waals surface area contributed by atoms with E-state index in [9.17, 15) is 4.39 Å². The van der Waals surface area contributed by atoms with Crippen molar-refractivity contribution < 1.29 is 4.39 Å². The van der Waals surface area contributed by atoms with Crippen LogP contribution >= 0.6 is 0 Å². The van der Waals surface area contributed by atoms with Crippen LogP contribution in [0.5, 0.6) is 0 Å². The quantitative estimate of drug-likeness (QED) is 0.879. The molecule has 0 saturated heterocycles. The molecule has 0 bridgehead atoms. The van der Waals surface area contributed by atoms with Crippen molar-refractivity contribution in [3.63, 3.8) is 0 Å². The molecule has 1 aromatic carbocycles. The van der Waals surface area contributed by atoms with Crippen molar-refractivity contribution in [2.24, 2.45) is 0 Å². The molecule has 17 heavy (non-hydrogen) atoms. The van der Waals surface area contributed by atoms with Gasteiger partial charge in [-0.3, -0.25) is 4.68 Å². The SMILES string of the molecule is CCn1ncc(CNC)c1-c1ccccc1F. The Balaban J connectivity index is 2.56. The highest BCUT2D eigenvalue weighted by Crippen LogP contribution is 2.26. The van der Waals surface area contributed by atoms with Gasteiger partial charge in [0, 0.05) is 24.2 Å². The largest absolute Gasteiger partial charge is 0.316 e. The molecule has 0 amide bonds.